The molecule has 0 N–H and O–H groups in total. The van der Waals surface area contributed by atoms with Gasteiger partial charge in [-0.1, -0.05) is 20.8 Å². The zero-order valence-corrected chi connectivity index (χ0v) is 11.3. The quantitative estimate of drug-likeness (QED) is 0.730. The summed E-state index contributed by atoms with van der Waals surface area (Å²) in [7, 11) is 0. The lowest BCUT2D eigenvalue weighted by molar-refractivity contribution is 0.173. The number of imidazole rings is 1. The standard InChI is InChI=1S/C9H15N3.C4H10/c1-8(2)12-6-5-11-4-3-10-9(11)7-12;1-4(2)3/h3-4,8H,5-7H2,1-2H3;4H,1-3H3. The van der Waals surface area contributed by atoms with E-state index in [9.17, 15) is 0 Å². The summed E-state index contributed by atoms with van der Waals surface area (Å²) in [5.74, 6) is 2.04. The second kappa shape index (κ2) is 6.04. The highest BCUT2D eigenvalue weighted by molar-refractivity contribution is 4.95. The lowest BCUT2D eigenvalue weighted by Crippen LogP contribution is -2.38. The molecule has 16 heavy (non-hydrogen) atoms. The predicted octanol–water partition coefficient (Wildman–Crippen LogP) is 2.77. The number of fused-ring (bicyclic) bond motifs is 1. The van der Waals surface area contributed by atoms with Crippen molar-refractivity contribution < 1.29 is 0 Å². The molecule has 2 heterocycles. The summed E-state index contributed by atoms with van der Waals surface area (Å²) in [6.45, 7) is 14.2. The van der Waals surface area contributed by atoms with Crippen molar-refractivity contribution in [1.82, 2.24) is 14.5 Å². The van der Waals surface area contributed by atoms with Crippen molar-refractivity contribution in [3.63, 3.8) is 0 Å². The largest absolute Gasteiger partial charge is 0.333 e. The maximum absolute atomic E-state index is 4.31. The fraction of sp³-hybridized carbons (Fsp3) is 0.769. The third kappa shape index (κ3) is 3.97. The molecule has 0 spiro atoms. The number of hydrogen-bond donors (Lipinski definition) is 0. The van der Waals surface area contributed by atoms with Gasteiger partial charge in [-0.15, -0.1) is 0 Å². The van der Waals surface area contributed by atoms with Gasteiger partial charge in [0.05, 0.1) is 6.54 Å². The lowest BCUT2D eigenvalue weighted by atomic mass is 10.2. The third-order valence-corrected chi connectivity index (χ3v) is 2.50. The van der Waals surface area contributed by atoms with Crippen LogP contribution in [0.2, 0.25) is 0 Å². The van der Waals surface area contributed by atoms with Gasteiger partial charge < -0.3 is 4.57 Å². The minimum Gasteiger partial charge on any atom is -0.333 e. The molecule has 0 atom stereocenters. The molecule has 92 valence electrons. The van der Waals surface area contributed by atoms with Crippen molar-refractivity contribution >= 4 is 0 Å². The van der Waals surface area contributed by atoms with E-state index in [2.05, 4.69) is 55.3 Å². The van der Waals surface area contributed by atoms with Crippen molar-refractivity contribution in [3.05, 3.63) is 18.2 Å². The average Bonchev–Trinajstić information content (AvgIpc) is 2.62. The summed E-state index contributed by atoms with van der Waals surface area (Å²) in [6.07, 6.45) is 3.95. The van der Waals surface area contributed by atoms with Gasteiger partial charge in [-0.3, -0.25) is 4.90 Å². The summed E-state index contributed by atoms with van der Waals surface area (Å²) in [6, 6.07) is 0.635. The Morgan fingerprint density at radius 2 is 1.75 bits per heavy atom. The Morgan fingerprint density at radius 1 is 1.12 bits per heavy atom. The second-order valence-electron chi connectivity index (χ2n) is 5.33. The van der Waals surface area contributed by atoms with E-state index < -0.39 is 0 Å². The van der Waals surface area contributed by atoms with E-state index in [1.165, 1.54) is 5.82 Å². The molecule has 0 amide bonds. The Labute approximate surface area is 99.5 Å². The van der Waals surface area contributed by atoms with Gasteiger partial charge in [0, 0.05) is 31.5 Å². The molecule has 0 aliphatic carbocycles. The number of hydrogen-bond acceptors (Lipinski definition) is 2. The van der Waals surface area contributed by atoms with E-state index in [4.69, 9.17) is 0 Å². The van der Waals surface area contributed by atoms with Crippen LogP contribution in [0.5, 0.6) is 0 Å². The average molecular weight is 223 g/mol. The van der Waals surface area contributed by atoms with Crippen molar-refractivity contribution in [1.29, 1.82) is 0 Å². The zero-order valence-electron chi connectivity index (χ0n) is 11.3. The van der Waals surface area contributed by atoms with Crippen LogP contribution < -0.4 is 0 Å². The Kier molecular flexibility index (Phi) is 5.00. The fourth-order valence-electron chi connectivity index (χ4n) is 1.63. The van der Waals surface area contributed by atoms with Gasteiger partial charge in [0.15, 0.2) is 0 Å². The molecule has 0 bridgehead atoms. The van der Waals surface area contributed by atoms with Crippen molar-refractivity contribution in [2.75, 3.05) is 6.54 Å². The smallest absolute Gasteiger partial charge is 0.122 e. The summed E-state index contributed by atoms with van der Waals surface area (Å²) in [4.78, 5) is 6.76. The number of rotatable bonds is 1. The van der Waals surface area contributed by atoms with Crippen molar-refractivity contribution in [2.24, 2.45) is 5.92 Å². The summed E-state index contributed by atoms with van der Waals surface area (Å²) in [5.41, 5.74) is 0. The molecule has 2 rings (SSSR count). The maximum Gasteiger partial charge on any atom is 0.122 e. The molecule has 1 aliphatic rings. The van der Waals surface area contributed by atoms with Crippen molar-refractivity contribution in [2.45, 2.75) is 53.8 Å². The molecular formula is C13H25N3. The highest BCUT2D eigenvalue weighted by atomic mass is 15.2. The van der Waals surface area contributed by atoms with Gasteiger partial charge in [-0.05, 0) is 19.8 Å². The Hall–Kier alpha value is -0.830. The normalized spacial score (nSPS) is 15.9. The fourth-order valence-corrected chi connectivity index (χ4v) is 1.63. The molecule has 1 aromatic rings. The molecule has 0 unspecified atom stereocenters. The third-order valence-electron chi connectivity index (χ3n) is 2.50. The van der Waals surface area contributed by atoms with Crippen LogP contribution >= 0.6 is 0 Å². The molecule has 0 saturated carbocycles. The van der Waals surface area contributed by atoms with Crippen molar-refractivity contribution in [3.8, 4) is 0 Å². The Balaban J connectivity index is 0.000000280. The first-order valence-electron chi connectivity index (χ1n) is 6.24. The van der Waals surface area contributed by atoms with Gasteiger partial charge in [0.25, 0.3) is 0 Å². The van der Waals surface area contributed by atoms with Crippen LogP contribution in [0.3, 0.4) is 0 Å². The molecular weight excluding hydrogens is 198 g/mol. The summed E-state index contributed by atoms with van der Waals surface area (Å²) >= 11 is 0. The van der Waals surface area contributed by atoms with Crippen LogP contribution in [-0.4, -0.2) is 27.0 Å². The van der Waals surface area contributed by atoms with E-state index in [0.29, 0.717) is 6.04 Å². The molecule has 3 nitrogen and oxygen atoms in total. The topological polar surface area (TPSA) is 21.1 Å². The van der Waals surface area contributed by atoms with E-state index in [1.807, 2.05) is 6.20 Å². The molecule has 0 saturated heterocycles. The highest BCUT2D eigenvalue weighted by Crippen LogP contribution is 2.12. The molecule has 3 heteroatoms. The molecule has 0 aromatic carbocycles. The molecule has 0 radical (unpaired) electrons. The second-order valence-corrected chi connectivity index (χ2v) is 5.33. The number of nitrogens with zero attached hydrogens (tertiary/aromatic N) is 3. The Bertz CT molecular complexity index is 299. The predicted molar refractivity (Wildman–Crippen MR) is 68.3 cm³/mol. The minimum absolute atomic E-state index is 0.635. The van der Waals surface area contributed by atoms with Gasteiger partial charge in [0.1, 0.15) is 5.82 Å². The van der Waals surface area contributed by atoms with Crippen LogP contribution in [0.15, 0.2) is 12.4 Å². The molecule has 1 aliphatic heterocycles. The van der Waals surface area contributed by atoms with Crippen LogP contribution in [0.25, 0.3) is 0 Å². The lowest BCUT2D eigenvalue weighted by Gasteiger charge is -2.30. The minimum atomic E-state index is 0.635. The van der Waals surface area contributed by atoms with Crippen LogP contribution in [0, 0.1) is 5.92 Å². The van der Waals surface area contributed by atoms with E-state index >= 15 is 0 Å². The zero-order chi connectivity index (χ0) is 12.1. The first kappa shape index (κ1) is 13.2. The van der Waals surface area contributed by atoms with Gasteiger partial charge in [-0.2, -0.15) is 0 Å². The molecule has 1 aromatic heterocycles. The maximum atomic E-state index is 4.31. The van der Waals surface area contributed by atoms with Gasteiger partial charge in [0.2, 0.25) is 0 Å². The van der Waals surface area contributed by atoms with E-state index in [0.717, 1.165) is 25.6 Å². The Morgan fingerprint density at radius 3 is 2.31 bits per heavy atom. The van der Waals surface area contributed by atoms with E-state index in [1.54, 1.807) is 0 Å². The number of aromatic nitrogens is 2. The van der Waals surface area contributed by atoms with E-state index in [-0.39, 0.29) is 0 Å². The highest BCUT2D eigenvalue weighted by Gasteiger charge is 2.17. The van der Waals surface area contributed by atoms with Gasteiger partial charge in [-0.25, -0.2) is 4.98 Å². The van der Waals surface area contributed by atoms with Crippen LogP contribution in [0.4, 0.5) is 0 Å². The first-order chi connectivity index (χ1) is 7.50. The van der Waals surface area contributed by atoms with Gasteiger partial charge >= 0.3 is 0 Å². The van der Waals surface area contributed by atoms with Crippen LogP contribution in [0.1, 0.15) is 40.4 Å². The summed E-state index contributed by atoms with van der Waals surface area (Å²) < 4.78 is 2.24. The first-order valence-corrected chi connectivity index (χ1v) is 6.24. The molecule has 0 fully saturated rings. The SMILES string of the molecule is CC(C)C.CC(C)N1CCn2ccnc2C1. The summed E-state index contributed by atoms with van der Waals surface area (Å²) in [5, 5.41) is 0. The monoisotopic (exact) mass is 223 g/mol. The van der Waals surface area contributed by atoms with Crippen LogP contribution in [-0.2, 0) is 13.1 Å².